The van der Waals surface area contributed by atoms with Gasteiger partial charge in [0.15, 0.2) is 0 Å². The third-order valence-corrected chi connectivity index (χ3v) is 1.24. The minimum absolute atomic E-state index is 0. The Morgan fingerprint density at radius 2 is 2.00 bits per heavy atom. The van der Waals surface area contributed by atoms with Gasteiger partial charge in [0.1, 0.15) is 0 Å². The topological polar surface area (TPSA) is 52.3 Å². The summed E-state index contributed by atoms with van der Waals surface area (Å²) in [5.74, 6) is 0. The smallest absolute Gasteiger partial charge is 0.404 e. The Kier molecular flexibility index (Phi) is 11.4. The van der Waals surface area contributed by atoms with Crippen molar-refractivity contribution in [1.29, 1.82) is 0 Å². The number of carbonyl (C=O) groups excluding carboxylic acids is 1. The van der Waals surface area contributed by atoms with Crippen molar-refractivity contribution in [2.45, 2.75) is 32.6 Å². The monoisotopic (exact) mass is 181 g/mol. The molecule has 0 aromatic carbocycles. The van der Waals surface area contributed by atoms with E-state index in [1.807, 2.05) is 0 Å². The van der Waals surface area contributed by atoms with E-state index in [-0.39, 0.29) is 12.4 Å². The molecule has 0 aliphatic rings. The van der Waals surface area contributed by atoms with Crippen LogP contribution in [-0.4, -0.2) is 12.7 Å². The van der Waals surface area contributed by atoms with Crippen LogP contribution in [0.1, 0.15) is 32.6 Å². The van der Waals surface area contributed by atoms with Gasteiger partial charge in [-0.05, 0) is 6.42 Å². The summed E-state index contributed by atoms with van der Waals surface area (Å²) in [5, 5.41) is 0. The lowest BCUT2D eigenvalue weighted by atomic mass is 10.2. The molecule has 0 radical (unpaired) electrons. The van der Waals surface area contributed by atoms with E-state index < -0.39 is 6.09 Å². The summed E-state index contributed by atoms with van der Waals surface area (Å²) in [4.78, 5) is 10.0. The fourth-order valence-corrected chi connectivity index (χ4v) is 0.702. The van der Waals surface area contributed by atoms with Crippen molar-refractivity contribution in [1.82, 2.24) is 0 Å². The third-order valence-electron chi connectivity index (χ3n) is 1.24. The van der Waals surface area contributed by atoms with Gasteiger partial charge >= 0.3 is 6.09 Å². The van der Waals surface area contributed by atoms with Crippen molar-refractivity contribution < 1.29 is 9.53 Å². The molecule has 4 heteroatoms. The van der Waals surface area contributed by atoms with Crippen molar-refractivity contribution in [3.63, 3.8) is 0 Å². The number of ether oxygens (including phenoxy) is 1. The number of amides is 1. The number of hydrogen-bond acceptors (Lipinski definition) is 2. The number of carbonyl (C=O) groups is 1. The van der Waals surface area contributed by atoms with Gasteiger partial charge in [0.25, 0.3) is 0 Å². The molecule has 0 atom stereocenters. The van der Waals surface area contributed by atoms with Gasteiger partial charge in [0.2, 0.25) is 0 Å². The molecule has 0 spiro atoms. The summed E-state index contributed by atoms with van der Waals surface area (Å²) in [6.07, 6.45) is 3.76. The maximum absolute atomic E-state index is 10.0. The van der Waals surface area contributed by atoms with Crippen LogP contribution in [0.4, 0.5) is 4.79 Å². The number of halogens is 1. The van der Waals surface area contributed by atoms with E-state index in [1.165, 1.54) is 12.8 Å². The molecule has 0 aliphatic carbocycles. The predicted molar refractivity (Wildman–Crippen MR) is 46.9 cm³/mol. The summed E-state index contributed by atoms with van der Waals surface area (Å²) in [6.45, 7) is 2.60. The Labute approximate surface area is 73.7 Å². The second-order valence-corrected chi connectivity index (χ2v) is 2.23. The summed E-state index contributed by atoms with van der Waals surface area (Å²) in [5.41, 5.74) is 4.75. The van der Waals surface area contributed by atoms with Gasteiger partial charge in [0.05, 0.1) is 6.61 Å². The van der Waals surface area contributed by atoms with Gasteiger partial charge in [-0.3, -0.25) is 0 Å². The van der Waals surface area contributed by atoms with Gasteiger partial charge in [-0.15, -0.1) is 12.4 Å². The van der Waals surface area contributed by atoms with Gasteiger partial charge in [-0.25, -0.2) is 4.79 Å². The van der Waals surface area contributed by atoms with Gasteiger partial charge in [-0.2, -0.15) is 0 Å². The van der Waals surface area contributed by atoms with Gasteiger partial charge < -0.3 is 10.5 Å². The molecule has 11 heavy (non-hydrogen) atoms. The highest BCUT2D eigenvalue weighted by atomic mass is 35.5. The van der Waals surface area contributed by atoms with Crippen molar-refractivity contribution in [2.24, 2.45) is 5.73 Å². The fraction of sp³-hybridized carbons (Fsp3) is 0.857. The minimum atomic E-state index is -0.670. The zero-order valence-corrected chi connectivity index (χ0v) is 7.65. The number of rotatable bonds is 5. The largest absolute Gasteiger partial charge is 0.450 e. The van der Waals surface area contributed by atoms with E-state index in [9.17, 15) is 4.79 Å². The second kappa shape index (κ2) is 9.56. The van der Waals surface area contributed by atoms with E-state index >= 15 is 0 Å². The van der Waals surface area contributed by atoms with Gasteiger partial charge in [0, 0.05) is 0 Å². The second-order valence-electron chi connectivity index (χ2n) is 2.23. The fourth-order valence-electron chi connectivity index (χ4n) is 0.702. The molecular formula is C7H16ClNO2. The lowest BCUT2D eigenvalue weighted by Gasteiger charge is -1.99. The van der Waals surface area contributed by atoms with Gasteiger partial charge in [-0.1, -0.05) is 26.2 Å². The highest BCUT2D eigenvalue weighted by Gasteiger charge is 1.91. The Bertz CT molecular complexity index is 98.4. The Morgan fingerprint density at radius 1 is 1.36 bits per heavy atom. The molecule has 0 aromatic heterocycles. The minimum Gasteiger partial charge on any atom is -0.450 e. The first kappa shape index (κ1) is 13.2. The van der Waals surface area contributed by atoms with Crippen LogP contribution in [-0.2, 0) is 4.74 Å². The molecule has 0 bridgehead atoms. The molecular weight excluding hydrogens is 166 g/mol. The summed E-state index contributed by atoms with van der Waals surface area (Å²) in [7, 11) is 0. The lowest BCUT2D eigenvalue weighted by molar-refractivity contribution is 0.154. The standard InChI is InChI=1S/C7H15NO2.ClH/c1-2-3-4-5-6-10-7(8)9;/h2-6H2,1H3,(H2,8,9);1H. The summed E-state index contributed by atoms with van der Waals surface area (Å²) in [6, 6.07) is 0. The highest BCUT2D eigenvalue weighted by Crippen LogP contribution is 1.98. The van der Waals surface area contributed by atoms with E-state index in [4.69, 9.17) is 5.73 Å². The Balaban J connectivity index is 0. The average Bonchev–Trinajstić information content (AvgIpc) is 1.87. The van der Waals surface area contributed by atoms with E-state index in [2.05, 4.69) is 11.7 Å². The highest BCUT2D eigenvalue weighted by molar-refractivity contribution is 5.85. The van der Waals surface area contributed by atoms with Crippen LogP contribution in [0.5, 0.6) is 0 Å². The first-order valence-electron chi connectivity index (χ1n) is 3.69. The van der Waals surface area contributed by atoms with Crippen LogP contribution in [0.25, 0.3) is 0 Å². The van der Waals surface area contributed by atoms with Crippen LogP contribution >= 0.6 is 12.4 Å². The Hall–Kier alpha value is -0.440. The summed E-state index contributed by atoms with van der Waals surface area (Å²) < 4.78 is 4.53. The molecule has 0 aromatic rings. The molecule has 0 aliphatic heterocycles. The van der Waals surface area contributed by atoms with Crippen molar-refractivity contribution in [3.05, 3.63) is 0 Å². The zero-order chi connectivity index (χ0) is 7.82. The first-order valence-corrected chi connectivity index (χ1v) is 3.69. The van der Waals surface area contributed by atoms with Crippen LogP contribution in [0, 0.1) is 0 Å². The quantitative estimate of drug-likeness (QED) is 0.661. The number of primary amides is 1. The average molecular weight is 182 g/mol. The SMILES string of the molecule is CCCCCCOC(N)=O.Cl. The van der Waals surface area contributed by atoms with Crippen LogP contribution < -0.4 is 5.73 Å². The molecule has 0 unspecified atom stereocenters. The Morgan fingerprint density at radius 3 is 2.45 bits per heavy atom. The van der Waals surface area contributed by atoms with Crippen LogP contribution in [0.15, 0.2) is 0 Å². The number of nitrogens with two attached hydrogens (primary N) is 1. The molecule has 1 amide bonds. The molecule has 2 N–H and O–H groups in total. The summed E-state index contributed by atoms with van der Waals surface area (Å²) >= 11 is 0. The van der Waals surface area contributed by atoms with Crippen molar-refractivity contribution in [2.75, 3.05) is 6.61 Å². The van der Waals surface area contributed by atoms with E-state index in [0.717, 1.165) is 12.8 Å². The molecule has 3 nitrogen and oxygen atoms in total. The van der Waals surface area contributed by atoms with Crippen molar-refractivity contribution >= 4 is 18.5 Å². The molecule has 0 saturated heterocycles. The molecule has 0 heterocycles. The third kappa shape index (κ3) is 12.7. The van der Waals surface area contributed by atoms with Crippen molar-refractivity contribution in [3.8, 4) is 0 Å². The number of hydrogen-bond donors (Lipinski definition) is 1. The molecule has 0 saturated carbocycles. The maximum Gasteiger partial charge on any atom is 0.404 e. The van der Waals surface area contributed by atoms with E-state index in [0.29, 0.717) is 6.61 Å². The van der Waals surface area contributed by atoms with Crippen LogP contribution in [0.2, 0.25) is 0 Å². The van der Waals surface area contributed by atoms with Crippen LogP contribution in [0.3, 0.4) is 0 Å². The normalized spacial score (nSPS) is 8.45. The first-order chi connectivity index (χ1) is 4.77. The molecule has 0 rings (SSSR count). The molecule has 68 valence electrons. The van der Waals surface area contributed by atoms with E-state index in [1.54, 1.807) is 0 Å². The molecule has 0 fully saturated rings. The predicted octanol–water partition coefficient (Wildman–Crippen LogP) is 2.08. The zero-order valence-electron chi connectivity index (χ0n) is 6.84. The lowest BCUT2D eigenvalue weighted by Crippen LogP contribution is -2.13. The maximum atomic E-state index is 10.0. The number of unbranched alkanes of at least 4 members (excludes halogenated alkanes) is 3.